The molecule has 6 rings (SSSR count). The van der Waals surface area contributed by atoms with E-state index in [2.05, 4.69) is 9.47 Å². The van der Waals surface area contributed by atoms with Crippen LogP contribution in [0.1, 0.15) is 65.5 Å². The number of hydrogen-bond donors (Lipinski definition) is 1. The molecule has 1 saturated carbocycles. The second-order valence-electron chi connectivity index (χ2n) is 11.9. The molecule has 2 aliphatic rings. The van der Waals surface area contributed by atoms with Crippen molar-refractivity contribution >= 4 is 28.6 Å². The van der Waals surface area contributed by atoms with Gasteiger partial charge in [0.05, 0.1) is 29.7 Å². The molecule has 2 aromatic carbocycles. The minimum absolute atomic E-state index is 0.0570. The van der Waals surface area contributed by atoms with Crippen LogP contribution in [0.25, 0.3) is 11.0 Å². The van der Waals surface area contributed by atoms with Gasteiger partial charge in [0.25, 0.3) is 0 Å². The van der Waals surface area contributed by atoms with Gasteiger partial charge < -0.3 is 19.1 Å². The van der Waals surface area contributed by atoms with Crippen molar-refractivity contribution in [3.63, 3.8) is 0 Å². The molecule has 4 aromatic rings. The maximum Gasteiger partial charge on any atom is 0.335 e. The van der Waals surface area contributed by atoms with Gasteiger partial charge in [-0.1, -0.05) is 30.2 Å². The number of carboxylic acids is 1. The van der Waals surface area contributed by atoms with Crippen molar-refractivity contribution in [1.82, 2.24) is 19.4 Å². The first kappa shape index (κ1) is 29.5. The number of imidazole rings is 1. The van der Waals surface area contributed by atoms with Crippen molar-refractivity contribution < 1.29 is 23.8 Å². The number of pyridine rings is 1. The Balaban J connectivity index is 1.13. The highest BCUT2D eigenvalue weighted by atomic mass is 35.5. The number of likely N-dealkylation sites (tertiary alicyclic amines) is 1. The van der Waals surface area contributed by atoms with E-state index in [1.807, 2.05) is 18.2 Å². The maximum absolute atomic E-state index is 14.2. The molecule has 0 amide bonds. The van der Waals surface area contributed by atoms with Crippen LogP contribution in [0.3, 0.4) is 0 Å². The third-order valence-corrected chi connectivity index (χ3v) is 9.17. The van der Waals surface area contributed by atoms with Gasteiger partial charge in [-0.3, -0.25) is 4.90 Å². The summed E-state index contributed by atoms with van der Waals surface area (Å²) in [4.78, 5) is 23.9. The molecule has 2 aromatic heterocycles. The molecule has 0 radical (unpaired) electrons. The summed E-state index contributed by atoms with van der Waals surface area (Å²) in [6.07, 6.45) is 5.25. The molecule has 1 aliphatic heterocycles. The van der Waals surface area contributed by atoms with Crippen LogP contribution >= 0.6 is 11.6 Å². The van der Waals surface area contributed by atoms with Gasteiger partial charge in [0.2, 0.25) is 5.88 Å². The van der Waals surface area contributed by atoms with Gasteiger partial charge in [-0.15, -0.1) is 0 Å². The molecule has 0 atom stereocenters. The Bertz CT molecular complexity index is 1610. The number of ether oxygens (including phenoxy) is 2. The number of aromatic carboxylic acids is 1. The van der Waals surface area contributed by atoms with E-state index in [1.165, 1.54) is 12.5 Å². The molecule has 8 nitrogen and oxygen atoms in total. The van der Waals surface area contributed by atoms with Crippen LogP contribution in [0, 0.1) is 11.2 Å². The number of nitrogens with zero attached hydrogens (tertiary/aromatic N) is 4. The number of benzene rings is 2. The molecule has 2 fully saturated rings. The number of halogens is 2. The summed E-state index contributed by atoms with van der Waals surface area (Å²) < 4.78 is 27.8. The summed E-state index contributed by atoms with van der Waals surface area (Å²) in [7, 11) is 1.75. The Hall–Kier alpha value is -3.53. The zero-order valence-electron chi connectivity index (χ0n) is 24.3. The van der Waals surface area contributed by atoms with E-state index >= 15 is 0 Å². The Morgan fingerprint density at radius 2 is 1.93 bits per heavy atom. The lowest BCUT2D eigenvalue weighted by molar-refractivity contribution is 0.00317. The summed E-state index contributed by atoms with van der Waals surface area (Å²) in [6.45, 7) is 4.00. The summed E-state index contributed by atoms with van der Waals surface area (Å²) in [5.41, 5.74) is 3.43. The van der Waals surface area contributed by atoms with Crippen LogP contribution in [0.4, 0.5) is 4.39 Å². The standard InChI is InChI=1S/C33H36ClFN4O4/c1-42-21-33(12-3-13-33)20-39-29-16-23(32(40)41)7-9-28(29)36-30(39)18-38-14-10-22(11-15-38)27-4-2-5-31(37-27)43-19-24-6-8-25(34)17-26(24)35/h2,4-9,16-17,22H,3,10-15,18-21H2,1H3,(H,40,41). The summed E-state index contributed by atoms with van der Waals surface area (Å²) in [5, 5.41) is 9.98. The first-order valence-corrected chi connectivity index (χ1v) is 15.2. The van der Waals surface area contributed by atoms with Gasteiger partial charge in [0, 0.05) is 47.3 Å². The lowest BCUT2D eigenvalue weighted by atomic mass is 9.69. The number of fused-ring (bicyclic) bond motifs is 1. The van der Waals surface area contributed by atoms with Crippen molar-refractivity contribution in [3.05, 3.63) is 88.1 Å². The fourth-order valence-electron chi connectivity index (χ4n) is 6.39. The Labute approximate surface area is 255 Å². The predicted octanol–water partition coefficient (Wildman–Crippen LogP) is 6.70. The molecule has 1 N–H and O–H groups in total. The van der Waals surface area contributed by atoms with Crippen molar-refractivity contribution in [2.75, 3.05) is 26.8 Å². The van der Waals surface area contributed by atoms with Crippen molar-refractivity contribution in [1.29, 1.82) is 0 Å². The van der Waals surface area contributed by atoms with Crippen molar-refractivity contribution in [2.45, 2.75) is 57.7 Å². The number of hydrogen-bond acceptors (Lipinski definition) is 6. The van der Waals surface area contributed by atoms with Crippen LogP contribution in [0.2, 0.25) is 5.02 Å². The van der Waals surface area contributed by atoms with Crippen LogP contribution < -0.4 is 4.74 Å². The number of methoxy groups -OCH3 is 1. The SMILES string of the molecule is COCC1(Cn2c(CN3CCC(c4cccc(OCc5ccc(Cl)cc5F)n4)CC3)nc3ccc(C(=O)O)cc32)CCC1. The number of rotatable bonds is 11. The topological polar surface area (TPSA) is 89.7 Å². The Morgan fingerprint density at radius 1 is 1.12 bits per heavy atom. The zero-order valence-corrected chi connectivity index (χ0v) is 25.0. The van der Waals surface area contributed by atoms with E-state index in [4.69, 9.17) is 31.0 Å². The van der Waals surface area contributed by atoms with Crippen molar-refractivity contribution in [3.8, 4) is 5.88 Å². The lowest BCUT2D eigenvalue weighted by Crippen LogP contribution is -2.39. The number of carboxylic acid groups (broad SMARTS) is 1. The quantitative estimate of drug-likeness (QED) is 0.203. The Kier molecular flexibility index (Phi) is 8.66. The summed E-state index contributed by atoms with van der Waals surface area (Å²) in [5.74, 6) is 0.400. The number of piperidine rings is 1. The normalized spacial score (nSPS) is 17.2. The molecule has 0 bridgehead atoms. The fourth-order valence-corrected chi connectivity index (χ4v) is 6.54. The minimum atomic E-state index is -0.936. The second kappa shape index (κ2) is 12.6. The van der Waals surface area contributed by atoms with Crippen molar-refractivity contribution in [2.24, 2.45) is 5.41 Å². The van der Waals surface area contributed by atoms with E-state index in [0.29, 0.717) is 35.5 Å². The molecule has 10 heteroatoms. The third kappa shape index (κ3) is 6.54. The molecular weight excluding hydrogens is 571 g/mol. The van der Waals surface area contributed by atoms with E-state index in [0.717, 1.165) is 67.9 Å². The van der Waals surface area contributed by atoms with E-state index in [1.54, 1.807) is 37.4 Å². The summed E-state index contributed by atoms with van der Waals surface area (Å²) >= 11 is 5.86. The first-order valence-electron chi connectivity index (χ1n) is 14.8. The summed E-state index contributed by atoms with van der Waals surface area (Å²) in [6, 6.07) is 15.5. The molecule has 0 spiro atoms. The maximum atomic E-state index is 14.2. The first-order chi connectivity index (χ1) is 20.8. The highest BCUT2D eigenvalue weighted by Crippen LogP contribution is 2.43. The van der Waals surface area contributed by atoms with Crippen LogP contribution in [-0.4, -0.2) is 57.3 Å². The van der Waals surface area contributed by atoms with Crippen LogP contribution in [0.5, 0.6) is 5.88 Å². The predicted molar refractivity (Wildman–Crippen MR) is 162 cm³/mol. The average Bonchev–Trinajstić information content (AvgIpc) is 3.31. The molecular formula is C33H36ClFN4O4. The third-order valence-electron chi connectivity index (χ3n) is 8.94. The monoisotopic (exact) mass is 606 g/mol. The molecule has 226 valence electrons. The van der Waals surface area contributed by atoms with Crippen LogP contribution in [-0.2, 0) is 24.4 Å². The lowest BCUT2D eigenvalue weighted by Gasteiger charge is -2.42. The van der Waals surface area contributed by atoms with E-state index < -0.39 is 11.8 Å². The highest BCUT2D eigenvalue weighted by Gasteiger charge is 2.38. The fraction of sp³-hybridized carbons (Fsp3) is 0.424. The molecule has 0 unspecified atom stereocenters. The van der Waals surface area contributed by atoms with Gasteiger partial charge in [-0.25, -0.2) is 19.2 Å². The van der Waals surface area contributed by atoms with Gasteiger partial charge in [0.15, 0.2) is 0 Å². The average molecular weight is 607 g/mol. The molecule has 43 heavy (non-hydrogen) atoms. The van der Waals surface area contributed by atoms with Gasteiger partial charge in [-0.05, 0) is 75.2 Å². The van der Waals surface area contributed by atoms with Gasteiger partial charge >= 0.3 is 5.97 Å². The van der Waals surface area contributed by atoms with E-state index in [-0.39, 0.29) is 17.6 Å². The second-order valence-corrected chi connectivity index (χ2v) is 12.3. The van der Waals surface area contributed by atoms with Gasteiger partial charge in [0.1, 0.15) is 18.2 Å². The van der Waals surface area contributed by atoms with Gasteiger partial charge in [-0.2, -0.15) is 0 Å². The van der Waals surface area contributed by atoms with Crippen LogP contribution in [0.15, 0.2) is 54.6 Å². The molecule has 1 aliphatic carbocycles. The Morgan fingerprint density at radius 3 is 2.63 bits per heavy atom. The zero-order chi connectivity index (χ0) is 30.0. The number of aromatic nitrogens is 3. The molecule has 1 saturated heterocycles. The smallest absolute Gasteiger partial charge is 0.335 e. The minimum Gasteiger partial charge on any atom is -0.478 e. The largest absolute Gasteiger partial charge is 0.478 e. The highest BCUT2D eigenvalue weighted by molar-refractivity contribution is 6.30. The molecule has 3 heterocycles. The number of carbonyl (C=O) groups is 1. The van der Waals surface area contributed by atoms with E-state index in [9.17, 15) is 14.3 Å².